The number of piperidine rings is 2. The van der Waals surface area contributed by atoms with Crippen LogP contribution in [0.1, 0.15) is 38.5 Å². The molecular weight excluding hydrogens is 274 g/mol. The Morgan fingerprint density at radius 1 is 0.950 bits per heavy atom. The van der Waals surface area contributed by atoms with Gasteiger partial charge in [-0.3, -0.25) is 4.90 Å². The third-order valence-electron chi connectivity index (χ3n) is 5.07. The average molecular weight is 301 g/mol. The molecule has 0 saturated carbocycles. The van der Waals surface area contributed by atoms with E-state index in [2.05, 4.69) is 10.2 Å². The van der Waals surface area contributed by atoms with Crippen LogP contribution in [0.4, 0.5) is 0 Å². The van der Waals surface area contributed by atoms with E-state index in [1.54, 1.807) is 4.31 Å². The Hall–Kier alpha value is -0.170. The van der Waals surface area contributed by atoms with E-state index in [0.717, 1.165) is 52.0 Å². The smallest absolute Gasteiger partial charge is 0.218 e. The molecule has 0 aromatic heterocycles. The van der Waals surface area contributed by atoms with Crippen molar-refractivity contribution >= 4 is 10.0 Å². The van der Waals surface area contributed by atoms with Gasteiger partial charge in [0.2, 0.25) is 10.0 Å². The highest BCUT2D eigenvalue weighted by molar-refractivity contribution is 7.89. The maximum absolute atomic E-state index is 12.7. The van der Waals surface area contributed by atoms with Crippen molar-refractivity contribution in [3.05, 3.63) is 0 Å². The molecule has 2 unspecified atom stereocenters. The van der Waals surface area contributed by atoms with E-state index in [-0.39, 0.29) is 5.25 Å². The highest BCUT2D eigenvalue weighted by Gasteiger charge is 2.39. The van der Waals surface area contributed by atoms with Crippen LogP contribution in [0.3, 0.4) is 0 Å². The predicted molar refractivity (Wildman–Crippen MR) is 80.2 cm³/mol. The fourth-order valence-corrected chi connectivity index (χ4v) is 5.76. The molecule has 0 aromatic carbocycles. The number of nitrogens with zero attached hydrogens (tertiary/aromatic N) is 2. The van der Waals surface area contributed by atoms with Gasteiger partial charge in [-0.15, -0.1) is 0 Å². The Bertz CT molecular complexity index is 414. The summed E-state index contributed by atoms with van der Waals surface area (Å²) >= 11 is 0. The van der Waals surface area contributed by atoms with Crippen molar-refractivity contribution in [3.63, 3.8) is 0 Å². The number of nitrogens with one attached hydrogen (secondary N) is 1. The van der Waals surface area contributed by atoms with Crippen molar-refractivity contribution in [1.82, 2.24) is 14.5 Å². The monoisotopic (exact) mass is 301 g/mol. The standard InChI is InChI=1S/C14H27N3O2S/c18-20(19,14-5-4-7-15-11-14)17-10-6-13(12-17)16-8-2-1-3-9-16/h13-15H,1-12H2. The topological polar surface area (TPSA) is 52.7 Å². The largest absolute Gasteiger partial charge is 0.315 e. The summed E-state index contributed by atoms with van der Waals surface area (Å²) in [6, 6.07) is 0.460. The molecule has 3 aliphatic heterocycles. The van der Waals surface area contributed by atoms with Gasteiger partial charge in [-0.2, -0.15) is 0 Å². The summed E-state index contributed by atoms with van der Waals surface area (Å²) < 4.78 is 27.1. The molecule has 6 heteroatoms. The van der Waals surface area contributed by atoms with Gasteiger partial charge in [0.25, 0.3) is 0 Å². The molecule has 116 valence electrons. The number of rotatable bonds is 3. The first-order valence-corrected chi connectivity index (χ1v) is 9.62. The molecule has 3 rings (SSSR count). The lowest BCUT2D eigenvalue weighted by Crippen LogP contribution is -2.47. The molecule has 0 aliphatic carbocycles. The van der Waals surface area contributed by atoms with Gasteiger partial charge in [0, 0.05) is 25.7 Å². The molecule has 3 heterocycles. The number of sulfonamides is 1. The minimum Gasteiger partial charge on any atom is -0.315 e. The van der Waals surface area contributed by atoms with E-state index in [1.165, 1.54) is 19.3 Å². The summed E-state index contributed by atoms with van der Waals surface area (Å²) in [5.74, 6) is 0. The lowest BCUT2D eigenvalue weighted by molar-refractivity contribution is 0.169. The highest BCUT2D eigenvalue weighted by atomic mass is 32.2. The Kier molecular flexibility index (Phi) is 4.65. The van der Waals surface area contributed by atoms with Crippen LogP contribution in [0.5, 0.6) is 0 Å². The first kappa shape index (κ1) is 14.8. The fraction of sp³-hybridized carbons (Fsp3) is 1.00. The van der Waals surface area contributed by atoms with Crippen molar-refractivity contribution in [2.45, 2.75) is 49.8 Å². The maximum atomic E-state index is 12.7. The van der Waals surface area contributed by atoms with Crippen LogP contribution < -0.4 is 5.32 Å². The molecule has 0 radical (unpaired) electrons. The fourth-order valence-electron chi connectivity index (χ4n) is 3.81. The van der Waals surface area contributed by atoms with E-state index in [1.807, 2.05) is 0 Å². The maximum Gasteiger partial charge on any atom is 0.218 e. The minimum absolute atomic E-state index is 0.198. The van der Waals surface area contributed by atoms with Crippen LogP contribution in [-0.2, 0) is 10.0 Å². The molecule has 3 saturated heterocycles. The molecular formula is C14H27N3O2S. The van der Waals surface area contributed by atoms with Crippen LogP contribution in [0, 0.1) is 0 Å². The van der Waals surface area contributed by atoms with Crippen LogP contribution in [0.2, 0.25) is 0 Å². The lowest BCUT2D eigenvalue weighted by atomic mass is 10.1. The van der Waals surface area contributed by atoms with Gasteiger partial charge < -0.3 is 5.32 Å². The van der Waals surface area contributed by atoms with E-state index in [9.17, 15) is 8.42 Å². The van der Waals surface area contributed by atoms with E-state index in [4.69, 9.17) is 0 Å². The summed E-state index contributed by atoms with van der Waals surface area (Å²) in [5, 5.41) is 3.02. The first-order chi connectivity index (χ1) is 9.68. The molecule has 0 bridgehead atoms. The second-order valence-corrected chi connectivity index (χ2v) is 8.62. The predicted octanol–water partition coefficient (Wildman–Crippen LogP) is 0.628. The molecule has 3 aliphatic rings. The van der Waals surface area contributed by atoms with Gasteiger partial charge in [-0.25, -0.2) is 12.7 Å². The van der Waals surface area contributed by atoms with Crippen LogP contribution in [0.25, 0.3) is 0 Å². The van der Waals surface area contributed by atoms with E-state index >= 15 is 0 Å². The molecule has 3 fully saturated rings. The SMILES string of the molecule is O=S(=O)(C1CCCNC1)N1CCC(N2CCCCC2)C1. The number of likely N-dealkylation sites (tertiary alicyclic amines) is 1. The zero-order valence-corrected chi connectivity index (χ0v) is 13.1. The Balaban J connectivity index is 1.60. The van der Waals surface area contributed by atoms with Gasteiger partial charge in [0.1, 0.15) is 0 Å². The summed E-state index contributed by atoms with van der Waals surface area (Å²) in [6.07, 6.45) is 6.69. The van der Waals surface area contributed by atoms with Crippen molar-refractivity contribution in [1.29, 1.82) is 0 Å². The second kappa shape index (κ2) is 6.30. The van der Waals surface area contributed by atoms with Crippen LogP contribution in [-0.4, -0.2) is 68.2 Å². The van der Waals surface area contributed by atoms with Crippen molar-refractivity contribution in [3.8, 4) is 0 Å². The van der Waals surface area contributed by atoms with Crippen molar-refractivity contribution in [2.24, 2.45) is 0 Å². The van der Waals surface area contributed by atoms with Crippen LogP contribution in [0.15, 0.2) is 0 Å². The first-order valence-electron chi connectivity index (χ1n) is 8.11. The quantitative estimate of drug-likeness (QED) is 0.831. The van der Waals surface area contributed by atoms with E-state index in [0.29, 0.717) is 12.6 Å². The minimum atomic E-state index is -3.09. The summed E-state index contributed by atoms with van der Waals surface area (Å²) in [7, 11) is -3.09. The Labute approximate surface area is 122 Å². The van der Waals surface area contributed by atoms with Crippen LogP contribution >= 0.6 is 0 Å². The summed E-state index contributed by atoms with van der Waals surface area (Å²) in [4.78, 5) is 2.51. The third-order valence-corrected chi connectivity index (χ3v) is 7.36. The Morgan fingerprint density at radius 2 is 1.75 bits per heavy atom. The van der Waals surface area contributed by atoms with Gasteiger partial charge in [-0.05, 0) is 51.7 Å². The van der Waals surface area contributed by atoms with Gasteiger partial charge in [0.05, 0.1) is 5.25 Å². The van der Waals surface area contributed by atoms with E-state index < -0.39 is 10.0 Å². The highest BCUT2D eigenvalue weighted by Crippen LogP contribution is 2.25. The molecule has 1 N–H and O–H groups in total. The number of hydrogen-bond donors (Lipinski definition) is 1. The second-order valence-electron chi connectivity index (χ2n) is 6.41. The molecule has 5 nitrogen and oxygen atoms in total. The summed E-state index contributed by atoms with van der Waals surface area (Å²) in [5.41, 5.74) is 0. The zero-order chi connectivity index (χ0) is 14.0. The summed E-state index contributed by atoms with van der Waals surface area (Å²) in [6.45, 7) is 5.35. The Morgan fingerprint density at radius 3 is 2.45 bits per heavy atom. The molecule has 20 heavy (non-hydrogen) atoms. The van der Waals surface area contributed by atoms with Crippen molar-refractivity contribution in [2.75, 3.05) is 39.3 Å². The molecule has 2 atom stereocenters. The van der Waals surface area contributed by atoms with Gasteiger partial charge >= 0.3 is 0 Å². The zero-order valence-electron chi connectivity index (χ0n) is 12.3. The molecule has 0 aromatic rings. The normalized spacial score (nSPS) is 34.4. The van der Waals surface area contributed by atoms with Gasteiger partial charge in [0.15, 0.2) is 0 Å². The third kappa shape index (κ3) is 3.03. The molecule has 0 spiro atoms. The molecule has 0 amide bonds. The average Bonchev–Trinajstić information content (AvgIpc) is 3.00. The lowest BCUT2D eigenvalue weighted by Gasteiger charge is -2.32. The number of hydrogen-bond acceptors (Lipinski definition) is 4. The van der Waals surface area contributed by atoms with Gasteiger partial charge in [-0.1, -0.05) is 6.42 Å². The van der Waals surface area contributed by atoms with Crippen molar-refractivity contribution < 1.29 is 8.42 Å².